The predicted molar refractivity (Wildman–Crippen MR) is 64.3 cm³/mol. The van der Waals surface area contributed by atoms with E-state index in [0.29, 0.717) is 6.04 Å². The Labute approximate surface area is 95.6 Å². The molecule has 1 aromatic rings. The van der Waals surface area contributed by atoms with Crippen LogP contribution in [0.1, 0.15) is 30.8 Å². The molecule has 0 spiro atoms. The number of aliphatic hydroxyl groups excluding tert-OH is 1. The summed E-state index contributed by atoms with van der Waals surface area (Å²) in [4.78, 5) is 5.57. The Morgan fingerprint density at radius 2 is 2.27 bits per heavy atom. The van der Waals surface area contributed by atoms with Gasteiger partial charge >= 0.3 is 0 Å². The van der Waals surface area contributed by atoms with Crippen LogP contribution in [0.5, 0.6) is 0 Å². The first kappa shape index (κ1) is 12.6. The van der Waals surface area contributed by atoms with Gasteiger partial charge in [-0.1, -0.05) is 0 Å². The molecule has 0 aromatic carbocycles. The molecule has 15 heavy (non-hydrogen) atoms. The van der Waals surface area contributed by atoms with Crippen LogP contribution in [-0.4, -0.2) is 28.8 Å². The molecule has 86 valence electrons. The van der Waals surface area contributed by atoms with Gasteiger partial charge in [-0.25, -0.2) is 4.98 Å². The van der Waals surface area contributed by atoms with Gasteiger partial charge in [0.15, 0.2) is 0 Å². The molecule has 0 aliphatic heterocycles. The van der Waals surface area contributed by atoms with Crippen molar-refractivity contribution in [2.75, 3.05) is 6.54 Å². The summed E-state index contributed by atoms with van der Waals surface area (Å²) in [5, 5.41) is 12.6. The zero-order valence-electron chi connectivity index (χ0n) is 9.66. The van der Waals surface area contributed by atoms with Crippen LogP contribution in [0.15, 0.2) is 5.51 Å². The summed E-state index contributed by atoms with van der Waals surface area (Å²) >= 11 is 1.71. The molecule has 1 heterocycles. The van der Waals surface area contributed by atoms with Crippen LogP contribution in [-0.2, 0) is 6.42 Å². The molecule has 0 radical (unpaired) electrons. The largest absolute Gasteiger partial charge is 0.393 e. The first-order chi connectivity index (χ1) is 7.09. The molecular weight excluding hydrogens is 208 g/mol. The summed E-state index contributed by atoms with van der Waals surface area (Å²) < 4.78 is 0. The minimum Gasteiger partial charge on any atom is -0.393 e. The molecule has 0 saturated carbocycles. The average Bonchev–Trinajstić information content (AvgIpc) is 2.50. The smallest absolute Gasteiger partial charge is 0.0797 e. The Bertz CT molecular complexity index is 286. The minimum atomic E-state index is -0.224. The van der Waals surface area contributed by atoms with Gasteiger partial charge in [0.1, 0.15) is 0 Å². The van der Waals surface area contributed by atoms with Crippen molar-refractivity contribution in [3.8, 4) is 0 Å². The fraction of sp³-hybridized carbons (Fsp3) is 0.727. The van der Waals surface area contributed by atoms with Crippen LogP contribution < -0.4 is 5.32 Å². The van der Waals surface area contributed by atoms with Gasteiger partial charge < -0.3 is 10.4 Å². The van der Waals surface area contributed by atoms with Gasteiger partial charge in [-0.2, -0.15) is 0 Å². The molecule has 1 aromatic heterocycles. The zero-order valence-corrected chi connectivity index (χ0v) is 10.5. The topological polar surface area (TPSA) is 45.2 Å². The molecule has 2 atom stereocenters. The third-order valence-electron chi connectivity index (χ3n) is 2.38. The highest BCUT2D eigenvalue weighted by atomic mass is 32.1. The van der Waals surface area contributed by atoms with Crippen molar-refractivity contribution >= 4 is 11.3 Å². The van der Waals surface area contributed by atoms with Crippen LogP contribution in [0.2, 0.25) is 0 Å². The quantitative estimate of drug-likeness (QED) is 0.779. The van der Waals surface area contributed by atoms with E-state index in [4.69, 9.17) is 0 Å². The minimum absolute atomic E-state index is 0.224. The van der Waals surface area contributed by atoms with Gasteiger partial charge in [0.05, 0.1) is 17.3 Å². The molecule has 1 rings (SSSR count). The maximum Gasteiger partial charge on any atom is 0.0797 e. The maximum atomic E-state index is 9.20. The summed E-state index contributed by atoms with van der Waals surface area (Å²) in [6.45, 7) is 6.93. The average molecular weight is 228 g/mol. The first-order valence-corrected chi connectivity index (χ1v) is 6.28. The molecule has 0 aliphatic carbocycles. The molecular formula is C11H20N2OS. The Morgan fingerprint density at radius 1 is 1.53 bits per heavy atom. The Kier molecular flexibility index (Phi) is 5.22. The molecule has 0 aliphatic rings. The SMILES string of the molecule is Cc1ncsc1CCNC(C)CC(C)O. The van der Waals surface area contributed by atoms with Crippen molar-refractivity contribution in [1.29, 1.82) is 0 Å². The summed E-state index contributed by atoms with van der Waals surface area (Å²) in [7, 11) is 0. The lowest BCUT2D eigenvalue weighted by molar-refractivity contribution is 0.171. The normalized spacial score (nSPS) is 15.2. The summed E-state index contributed by atoms with van der Waals surface area (Å²) in [6, 6.07) is 0.373. The summed E-state index contributed by atoms with van der Waals surface area (Å²) in [5.41, 5.74) is 3.04. The number of aryl methyl sites for hydroxylation is 1. The van der Waals surface area contributed by atoms with Gasteiger partial charge in [0, 0.05) is 17.5 Å². The van der Waals surface area contributed by atoms with Gasteiger partial charge in [-0.05, 0) is 33.6 Å². The molecule has 2 unspecified atom stereocenters. The van der Waals surface area contributed by atoms with Crippen molar-refractivity contribution in [3.05, 3.63) is 16.1 Å². The maximum absolute atomic E-state index is 9.20. The van der Waals surface area contributed by atoms with E-state index in [0.717, 1.165) is 25.1 Å². The van der Waals surface area contributed by atoms with Crippen LogP contribution >= 0.6 is 11.3 Å². The summed E-state index contributed by atoms with van der Waals surface area (Å²) in [5.74, 6) is 0. The van der Waals surface area contributed by atoms with Crippen molar-refractivity contribution in [2.24, 2.45) is 0 Å². The Morgan fingerprint density at radius 3 is 2.80 bits per heavy atom. The Balaban J connectivity index is 2.19. The predicted octanol–water partition coefficient (Wildman–Crippen LogP) is 1.74. The van der Waals surface area contributed by atoms with Crippen molar-refractivity contribution < 1.29 is 5.11 Å². The van der Waals surface area contributed by atoms with E-state index in [2.05, 4.69) is 17.2 Å². The van der Waals surface area contributed by atoms with Crippen molar-refractivity contribution in [1.82, 2.24) is 10.3 Å². The van der Waals surface area contributed by atoms with Crippen LogP contribution in [0.3, 0.4) is 0 Å². The number of nitrogens with zero attached hydrogens (tertiary/aromatic N) is 1. The van der Waals surface area contributed by atoms with Crippen molar-refractivity contribution in [3.63, 3.8) is 0 Å². The van der Waals surface area contributed by atoms with Gasteiger partial charge in [-0.15, -0.1) is 11.3 Å². The standard InChI is InChI=1S/C11H20N2OS/c1-8(6-9(2)14)12-5-4-11-10(3)13-7-15-11/h7-9,12,14H,4-6H2,1-3H3. The van der Waals surface area contributed by atoms with Crippen LogP contribution in [0.4, 0.5) is 0 Å². The van der Waals surface area contributed by atoms with E-state index in [1.165, 1.54) is 4.88 Å². The molecule has 0 fully saturated rings. The summed E-state index contributed by atoms with van der Waals surface area (Å²) in [6.07, 6.45) is 1.61. The highest BCUT2D eigenvalue weighted by Crippen LogP contribution is 2.12. The number of aromatic nitrogens is 1. The fourth-order valence-corrected chi connectivity index (χ4v) is 2.37. The number of nitrogens with one attached hydrogen (secondary N) is 1. The highest BCUT2D eigenvalue weighted by molar-refractivity contribution is 7.09. The lowest BCUT2D eigenvalue weighted by Crippen LogP contribution is -2.30. The molecule has 3 nitrogen and oxygen atoms in total. The van der Waals surface area contributed by atoms with E-state index >= 15 is 0 Å². The van der Waals surface area contributed by atoms with E-state index in [-0.39, 0.29) is 6.10 Å². The third kappa shape index (κ3) is 4.73. The molecule has 0 amide bonds. The number of rotatable bonds is 6. The van der Waals surface area contributed by atoms with E-state index in [9.17, 15) is 5.11 Å². The second-order valence-corrected chi connectivity index (χ2v) is 4.99. The highest BCUT2D eigenvalue weighted by Gasteiger charge is 2.06. The molecule has 0 saturated heterocycles. The second kappa shape index (κ2) is 6.20. The van der Waals surface area contributed by atoms with E-state index in [1.807, 2.05) is 19.4 Å². The third-order valence-corrected chi connectivity index (χ3v) is 3.38. The molecule has 0 bridgehead atoms. The number of hydrogen-bond donors (Lipinski definition) is 2. The Hall–Kier alpha value is -0.450. The lowest BCUT2D eigenvalue weighted by Gasteiger charge is -2.14. The van der Waals surface area contributed by atoms with Crippen LogP contribution in [0.25, 0.3) is 0 Å². The second-order valence-electron chi connectivity index (χ2n) is 4.05. The van der Waals surface area contributed by atoms with E-state index < -0.39 is 0 Å². The van der Waals surface area contributed by atoms with E-state index in [1.54, 1.807) is 11.3 Å². The zero-order chi connectivity index (χ0) is 11.3. The lowest BCUT2D eigenvalue weighted by atomic mass is 10.1. The van der Waals surface area contributed by atoms with Gasteiger partial charge in [-0.3, -0.25) is 0 Å². The van der Waals surface area contributed by atoms with Gasteiger partial charge in [0.2, 0.25) is 0 Å². The monoisotopic (exact) mass is 228 g/mol. The van der Waals surface area contributed by atoms with Crippen LogP contribution in [0, 0.1) is 6.92 Å². The molecule has 2 N–H and O–H groups in total. The van der Waals surface area contributed by atoms with Gasteiger partial charge in [0.25, 0.3) is 0 Å². The molecule has 4 heteroatoms. The first-order valence-electron chi connectivity index (χ1n) is 5.40. The van der Waals surface area contributed by atoms with Crippen molar-refractivity contribution in [2.45, 2.75) is 45.8 Å². The fourth-order valence-electron chi connectivity index (χ4n) is 1.59. The number of hydrogen-bond acceptors (Lipinski definition) is 4. The number of aliphatic hydroxyl groups is 1. The number of thiazole rings is 1.